The van der Waals surface area contributed by atoms with Crippen molar-refractivity contribution in [3.8, 4) is 12.3 Å². The summed E-state index contributed by atoms with van der Waals surface area (Å²) >= 11 is 0. The molecule has 0 rings (SSSR count). The van der Waals surface area contributed by atoms with Gasteiger partial charge in [0.15, 0.2) is 5.96 Å². The van der Waals surface area contributed by atoms with Crippen LogP contribution in [0.15, 0.2) is 4.99 Å². The summed E-state index contributed by atoms with van der Waals surface area (Å²) in [6.07, 6.45) is 5.50. The fourth-order valence-corrected chi connectivity index (χ4v) is 1.25. The van der Waals surface area contributed by atoms with Crippen LogP contribution in [0.4, 0.5) is 4.79 Å². The van der Waals surface area contributed by atoms with Crippen LogP contribution in [0.2, 0.25) is 0 Å². The third-order valence-electron chi connectivity index (χ3n) is 1.98. The van der Waals surface area contributed by atoms with Gasteiger partial charge in [-0.15, -0.1) is 6.42 Å². The maximum Gasteiger partial charge on any atom is 0.407 e. The largest absolute Gasteiger partial charge is 0.444 e. The molecule has 0 aromatic rings. The molecule has 0 radical (unpaired) electrons. The summed E-state index contributed by atoms with van der Waals surface area (Å²) in [5, 5.41) is 8.76. The molecule has 0 aromatic carbocycles. The number of ether oxygens (including phenoxy) is 1. The highest BCUT2D eigenvalue weighted by molar-refractivity contribution is 5.79. The van der Waals surface area contributed by atoms with Gasteiger partial charge in [0.25, 0.3) is 0 Å². The predicted octanol–water partition coefficient (Wildman–Crippen LogP) is 1.09. The quantitative estimate of drug-likeness (QED) is 0.295. The number of carbonyl (C=O) groups is 1. The first-order valence-electron chi connectivity index (χ1n) is 6.81. The Morgan fingerprint density at radius 1 is 1.30 bits per heavy atom. The first-order valence-corrected chi connectivity index (χ1v) is 6.81. The molecule has 0 aliphatic carbocycles. The van der Waals surface area contributed by atoms with Gasteiger partial charge in [-0.1, -0.05) is 5.92 Å². The second kappa shape index (κ2) is 9.96. The summed E-state index contributed by atoms with van der Waals surface area (Å²) in [7, 11) is 0. The standard InChI is InChI=1S/C14H26N4O2/c1-6-9-16-12(15-7-2)17-10-8-11-18-13(19)20-14(3,4)5/h1H,7-11H2,2-5H3,(H,18,19)(H2,15,16,17). The van der Waals surface area contributed by atoms with Crippen LogP contribution >= 0.6 is 0 Å². The highest BCUT2D eigenvalue weighted by atomic mass is 16.6. The number of hydrogen-bond donors (Lipinski definition) is 3. The van der Waals surface area contributed by atoms with E-state index in [0.29, 0.717) is 25.6 Å². The molecule has 6 nitrogen and oxygen atoms in total. The zero-order valence-corrected chi connectivity index (χ0v) is 12.9. The van der Waals surface area contributed by atoms with Crippen molar-refractivity contribution < 1.29 is 9.53 Å². The van der Waals surface area contributed by atoms with Crippen molar-refractivity contribution >= 4 is 12.1 Å². The molecule has 0 atom stereocenters. The molecule has 0 aromatic heterocycles. The first-order chi connectivity index (χ1) is 9.39. The molecule has 1 amide bonds. The van der Waals surface area contributed by atoms with Crippen molar-refractivity contribution in [2.75, 3.05) is 26.2 Å². The molecule has 0 heterocycles. The minimum Gasteiger partial charge on any atom is -0.444 e. The van der Waals surface area contributed by atoms with E-state index in [9.17, 15) is 4.79 Å². The number of nitrogens with one attached hydrogen (secondary N) is 3. The maximum absolute atomic E-state index is 11.4. The molecule has 114 valence electrons. The lowest BCUT2D eigenvalue weighted by Gasteiger charge is -2.19. The zero-order valence-electron chi connectivity index (χ0n) is 12.9. The Morgan fingerprint density at radius 2 is 2.00 bits per heavy atom. The normalized spacial score (nSPS) is 11.4. The number of terminal acetylenes is 1. The van der Waals surface area contributed by atoms with E-state index in [1.807, 2.05) is 27.7 Å². The number of nitrogens with zero attached hydrogens (tertiary/aromatic N) is 1. The topological polar surface area (TPSA) is 74.8 Å². The Kier molecular flexibility index (Phi) is 9.01. The molecule has 0 fully saturated rings. The van der Waals surface area contributed by atoms with Crippen LogP contribution < -0.4 is 16.0 Å². The third-order valence-corrected chi connectivity index (χ3v) is 1.98. The summed E-state index contributed by atoms with van der Waals surface area (Å²) < 4.78 is 5.12. The van der Waals surface area contributed by atoms with Gasteiger partial charge < -0.3 is 20.7 Å². The fraction of sp³-hybridized carbons (Fsp3) is 0.714. The Morgan fingerprint density at radius 3 is 2.55 bits per heavy atom. The van der Waals surface area contributed by atoms with E-state index in [-0.39, 0.29) is 0 Å². The molecule has 0 bridgehead atoms. The van der Waals surface area contributed by atoms with Gasteiger partial charge in [0.2, 0.25) is 0 Å². The number of aliphatic imine (C=N–C) groups is 1. The number of guanidine groups is 1. The average Bonchev–Trinajstić information content (AvgIpc) is 2.33. The van der Waals surface area contributed by atoms with E-state index in [2.05, 4.69) is 26.9 Å². The highest BCUT2D eigenvalue weighted by Crippen LogP contribution is 2.06. The minimum absolute atomic E-state index is 0.404. The summed E-state index contributed by atoms with van der Waals surface area (Å²) in [6, 6.07) is 0. The smallest absolute Gasteiger partial charge is 0.407 e. The summed E-state index contributed by atoms with van der Waals surface area (Å²) in [5.74, 6) is 3.17. The minimum atomic E-state index is -0.473. The molecule has 0 saturated carbocycles. The van der Waals surface area contributed by atoms with Gasteiger partial charge in [-0.05, 0) is 34.1 Å². The summed E-state index contributed by atoms with van der Waals surface area (Å²) in [5.41, 5.74) is -0.473. The Balaban J connectivity index is 3.87. The van der Waals surface area contributed by atoms with Gasteiger partial charge in [0.1, 0.15) is 5.60 Å². The number of amides is 1. The second-order valence-corrected chi connectivity index (χ2v) is 5.10. The van der Waals surface area contributed by atoms with E-state index in [1.165, 1.54) is 0 Å². The second-order valence-electron chi connectivity index (χ2n) is 5.10. The molecule has 20 heavy (non-hydrogen) atoms. The van der Waals surface area contributed by atoms with E-state index in [4.69, 9.17) is 11.2 Å². The van der Waals surface area contributed by atoms with Crippen LogP contribution in [-0.4, -0.2) is 43.8 Å². The van der Waals surface area contributed by atoms with Gasteiger partial charge >= 0.3 is 6.09 Å². The molecular formula is C14H26N4O2. The van der Waals surface area contributed by atoms with E-state index in [0.717, 1.165) is 13.0 Å². The first kappa shape index (κ1) is 18.1. The third kappa shape index (κ3) is 11.2. The lowest BCUT2D eigenvalue weighted by Crippen LogP contribution is -2.37. The van der Waals surface area contributed by atoms with Crippen molar-refractivity contribution in [1.82, 2.24) is 16.0 Å². The molecule has 6 heteroatoms. The van der Waals surface area contributed by atoms with Crippen LogP contribution in [0.3, 0.4) is 0 Å². The van der Waals surface area contributed by atoms with Gasteiger partial charge in [-0.3, -0.25) is 4.99 Å². The molecule has 0 aliphatic rings. The fourth-order valence-electron chi connectivity index (χ4n) is 1.25. The van der Waals surface area contributed by atoms with Gasteiger partial charge in [-0.2, -0.15) is 0 Å². The zero-order chi connectivity index (χ0) is 15.4. The van der Waals surface area contributed by atoms with Gasteiger partial charge in [0, 0.05) is 19.6 Å². The number of rotatable bonds is 6. The number of alkyl carbamates (subject to hydrolysis) is 1. The lowest BCUT2D eigenvalue weighted by molar-refractivity contribution is 0.0527. The van der Waals surface area contributed by atoms with Gasteiger partial charge in [0.05, 0.1) is 6.54 Å². The average molecular weight is 282 g/mol. The maximum atomic E-state index is 11.4. The number of carbonyl (C=O) groups excluding carboxylic acids is 1. The van der Waals surface area contributed by atoms with Crippen molar-refractivity contribution in [1.29, 1.82) is 0 Å². The molecule has 0 spiro atoms. The Bertz CT molecular complexity index is 353. The Labute approximate surface area is 121 Å². The van der Waals surface area contributed by atoms with Crippen molar-refractivity contribution in [2.24, 2.45) is 4.99 Å². The van der Waals surface area contributed by atoms with Crippen LogP contribution in [0.25, 0.3) is 0 Å². The molecule has 0 saturated heterocycles. The van der Waals surface area contributed by atoms with Crippen LogP contribution in [-0.2, 0) is 4.74 Å². The van der Waals surface area contributed by atoms with Crippen LogP contribution in [0.1, 0.15) is 34.1 Å². The van der Waals surface area contributed by atoms with Crippen LogP contribution in [0.5, 0.6) is 0 Å². The summed E-state index contributed by atoms with van der Waals surface area (Å²) in [4.78, 5) is 15.7. The molecular weight excluding hydrogens is 256 g/mol. The molecule has 0 aliphatic heterocycles. The van der Waals surface area contributed by atoms with Crippen molar-refractivity contribution in [3.63, 3.8) is 0 Å². The lowest BCUT2D eigenvalue weighted by atomic mass is 10.2. The van der Waals surface area contributed by atoms with Crippen molar-refractivity contribution in [2.45, 2.75) is 39.7 Å². The highest BCUT2D eigenvalue weighted by Gasteiger charge is 2.15. The predicted molar refractivity (Wildman–Crippen MR) is 81.7 cm³/mol. The van der Waals surface area contributed by atoms with E-state index >= 15 is 0 Å². The van der Waals surface area contributed by atoms with Gasteiger partial charge in [-0.25, -0.2) is 4.79 Å². The van der Waals surface area contributed by atoms with E-state index < -0.39 is 11.7 Å². The SMILES string of the molecule is C#CCNC(=NCCCNC(=O)OC(C)(C)C)NCC. The molecule has 0 unspecified atom stereocenters. The molecule has 3 N–H and O–H groups in total. The number of hydrogen-bond acceptors (Lipinski definition) is 3. The Hall–Kier alpha value is -1.90. The summed E-state index contributed by atoms with van der Waals surface area (Å²) in [6.45, 7) is 9.79. The monoisotopic (exact) mass is 282 g/mol. The van der Waals surface area contributed by atoms with E-state index in [1.54, 1.807) is 0 Å². The van der Waals surface area contributed by atoms with Crippen LogP contribution in [0, 0.1) is 12.3 Å². The van der Waals surface area contributed by atoms with Crippen molar-refractivity contribution in [3.05, 3.63) is 0 Å².